The first-order chi connectivity index (χ1) is 27.0. The Kier molecular flexibility index (Phi) is 9.11. The van der Waals surface area contributed by atoms with Crippen LogP contribution in [0.4, 0.5) is 51.2 Å². The first-order valence-electron chi connectivity index (χ1n) is 18.8. The van der Waals surface area contributed by atoms with Crippen molar-refractivity contribution in [2.24, 2.45) is 0 Å². The molecule has 1 heterocycles. The van der Waals surface area contributed by atoms with E-state index >= 15 is 0 Å². The number of benzene rings is 8. The van der Waals surface area contributed by atoms with E-state index in [2.05, 4.69) is 230 Å². The summed E-state index contributed by atoms with van der Waals surface area (Å²) < 4.78 is 2.59. The minimum absolute atomic E-state index is 1.07. The molecule has 266 valence electrons. The number of rotatable bonds is 9. The summed E-state index contributed by atoms with van der Waals surface area (Å²) in [5.41, 5.74) is 13.6. The SMILES string of the molecule is Cc1ccc(N(c2ccccc2)c2cccc(N(c3ccc(C)cc3)c3cccc(N(c4ccc(C)cc4)c4ccc5c(c4)sc4ccccc45)c3)c2)cc1. The smallest absolute Gasteiger partial charge is 0.0482 e. The number of thiophene rings is 1. The van der Waals surface area contributed by atoms with E-state index in [1.54, 1.807) is 0 Å². The molecule has 0 aliphatic carbocycles. The van der Waals surface area contributed by atoms with Crippen molar-refractivity contribution in [2.75, 3.05) is 14.7 Å². The second-order valence-corrected chi connectivity index (χ2v) is 15.3. The molecule has 0 atom stereocenters. The lowest BCUT2D eigenvalue weighted by Crippen LogP contribution is -2.14. The summed E-state index contributed by atoms with van der Waals surface area (Å²) in [6.07, 6.45) is 0. The van der Waals surface area contributed by atoms with Crippen molar-refractivity contribution in [1.29, 1.82) is 0 Å². The Morgan fingerprint density at radius 2 is 0.618 bits per heavy atom. The lowest BCUT2D eigenvalue weighted by atomic mass is 10.1. The molecular formula is C51H41N3S. The maximum Gasteiger partial charge on any atom is 0.0482 e. The molecule has 0 bridgehead atoms. The summed E-state index contributed by atoms with van der Waals surface area (Å²) in [6.45, 7) is 6.41. The third-order valence-electron chi connectivity index (χ3n) is 10.2. The van der Waals surface area contributed by atoms with Gasteiger partial charge >= 0.3 is 0 Å². The molecule has 0 aliphatic rings. The summed E-state index contributed by atoms with van der Waals surface area (Å²) in [5, 5.41) is 2.60. The van der Waals surface area contributed by atoms with Crippen LogP contribution in [0.3, 0.4) is 0 Å². The van der Waals surface area contributed by atoms with E-state index in [4.69, 9.17) is 0 Å². The zero-order chi connectivity index (χ0) is 37.3. The summed E-state index contributed by atoms with van der Waals surface area (Å²) in [7, 11) is 0. The maximum absolute atomic E-state index is 2.38. The van der Waals surface area contributed by atoms with Crippen LogP contribution in [0.1, 0.15) is 16.7 Å². The van der Waals surface area contributed by atoms with Crippen LogP contribution in [0.2, 0.25) is 0 Å². The fraction of sp³-hybridized carbons (Fsp3) is 0.0588. The first kappa shape index (κ1) is 34.2. The van der Waals surface area contributed by atoms with Gasteiger partial charge in [-0.2, -0.15) is 0 Å². The van der Waals surface area contributed by atoms with E-state index in [0.717, 1.165) is 51.2 Å². The van der Waals surface area contributed by atoms with E-state index in [1.165, 1.54) is 36.9 Å². The van der Waals surface area contributed by atoms with Gasteiger partial charge in [-0.3, -0.25) is 0 Å². The normalized spacial score (nSPS) is 11.2. The second-order valence-electron chi connectivity index (χ2n) is 14.2. The zero-order valence-corrected chi connectivity index (χ0v) is 32.0. The Hall–Kier alpha value is -6.62. The Balaban J connectivity index is 1.19. The summed E-state index contributed by atoms with van der Waals surface area (Å²) >= 11 is 1.85. The zero-order valence-electron chi connectivity index (χ0n) is 31.2. The fourth-order valence-corrected chi connectivity index (χ4v) is 8.54. The topological polar surface area (TPSA) is 9.72 Å². The van der Waals surface area contributed by atoms with Crippen LogP contribution in [0.5, 0.6) is 0 Å². The van der Waals surface area contributed by atoms with Crippen molar-refractivity contribution in [3.05, 3.63) is 211 Å². The third kappa shape index (κ3) is 6.85. The lowest BCUT2D eigenvalue weighted by molar-refractivity contribution is 1.23. The maximum atomic E-state index is 2.38. The Bertz CT molecular complexity index is 2730. The van der Waals surface area contributed by atoms with Crippen LogP contribution in [-0.2, 0) is 0 Å². The summed E-state index contributed by atoms with van der Waals surface area (Å²) in [6, 6.07) is 70.4. The van der Waals surface area contributed by atoms with Gasteiger partial charge in [-0.05, 0) is 124 Å². The Labute approximate surface area is 327 Å². The minimum atomic E-state index is 1.07. The number of nitrogens with zero attached hydrogens (tertiary/aromatic N) is 3. The molecule has 55 heavy (non-hydrogen) atoms. The molecule has 9 aromatic rings. The van der Waals surface area contributed by atoms with Crippen LogP contribution in [0.25, 0.3) is 20.2 Å². The third-order valence-corrected chi connectivity index (χ3v) is 11.3. The van der Waals surface area contributed by atoms with Gasteiger partial charge in [0, 0.05) is 71.4 Å². The highest BCUT2D eigenvalue weighted by molar-refractivity contribution is 7.25. The number of anilines is 9. The number of fused-ring (bicyclic) bond motifs is 3. The highest BCUT2D eigenvalue weighted by Crippen LogP contribution is 2.44. The van der Waals surface area contributed by atoms with Crippen LogP contribution >= 0.6 is 11.3 Å². The molecule has 9 rings (SSSR count). The molecule has 4 heteroatoms. The molecule has 0 saturated carbocycles. The highest BCUT2D eigenvalue weighted by atomic mass is 32.1. The molecular weight excluding hydrogens is 687 g/mol. The van der Waals surface area contributed by atoms with E-state index in [0.29, 0.717) is 0 Å². The van der Waals surface area contributed by atoms with E-state index < -0.39 is 0 Å². The fourth-order valence-electron chi connectivity index (χ4n) is 7.40. The van der Waals surface area contributed by atoms with Gasteiger partial charge in [0.15, 0.2) is 0 Å². The average Bonchev–Trinajstić information content (AvgIpc) is 3.59. The molecule has 0 unspecified atom stereocenters. The summed E-state index contributed by atoms with van der Waals surface area (Å²) in [4.78, 5) is 7.08. The van der Waals surface area contributed by atoms with Gasteiger partial charge in [-0.15, -0.1) is 11.3 Å². The highest BCUT2D eigenvalue weighted by Gasteiger charge is 2.20. The monoisotopic (exact) mass is 727 g/mol. The molecule has 0 radical (unpaired) electrons. The molecule has 1 aromatic heterocycles. The predicted octanol–water partition coefficient (Wildman–Crippen LogP) is 15.4. The van der Waals surface area contributed by atoms with Gasteiger partial charge in [-0.25, -0.2) is 0 Å². The van der Waals surface area contributed by atoms with Crippen LogP contribution < -0.4 is 14.7 Å². The van der Waals surface area contributed by atoms with E-state index in [-0.39, 0.29) is 0 Å². The first-order valence-corrected chi connectivity index (χ1v) is 19.6. The van der Waals surface area contributed by atoms with Crippen molar-refractivity contribution < 1.29 is 0 Å². The minimum Gasteiger partial charge on any atom is -0.310 e. The van der Waals surface area contributed by atoms with Gasteiger partial charge in [-0.1, -0.05) is 108 Å². The summed E-state index contributed by atoms with van der Waals surface area (Å²) in [5.74, 6) is 0. The number of hydrogen-bond acceptors (Lipinski definition) is 4. The van der Waals surface area contributed by atoms with Gasteiger partial charge in [0.1, 0.15) is 0 Å². The Morgan fingerprint density at radius 1 is 0.273 bits per heavy atom. The van der Waals surface area contributed by atoms with Gasteiger partial charge in [0.05, 0.1) is 0 Å². The molecule has 0 fully saturated rings. The molecule has 0 amide bonds. The standard InChI is InChI=1S/C51H41N3S/c1-36-19-25-40(26-20-36)52(39-11-5-4-6-12-39)43-13-9-14-44(33-43)53(41-27-21-37(2)22-28-41)45-15-10-16-46(34-45)54(42-29-23-38(3)24-30-42)47-31-32-49-48-17-7-8-18-50(48)55-51(49)35-47/h4-35H,1-3H3. The van der Waals surface area contributed by atoms with Gasteiger partial charge in [0.25, 0.3) is 0 Å². The average molecular weight is 728 g/mol. The van der Waals surface area contributed by atoms with Crippen LogP contribution in [0.15, 0.2) is 194 Å². The van der Waals surface area contributed by atoms with Crippen molar-refractivity contribution in [3.63, 3.8) is 0 Å². The molecule has 0 aliphatic heterocycles. The van der Waals surface area contributed by atoms with Crippen molar-refractivity contribution >= 4 is 82.7 Å². The van der Waals surface area contributed by atoms with Crippen LogP contribution in [-0.4, -0.2) is 0 Å². The van der Waals surface area contributed by atoms with Gasteiger partial charge in [0.2, 0.25) is 0 Å². The largest absolute Gasteiger partial charge is 0.310 e. The van der Waals surface area contributed by atoms with E-state index in [9.17, 15) is 0 Å². The number of para-hydroxylation sites is 1. The Morgan fingerprint density at radius 3 is 1.11 bits per heavy atom. The molecule has 8 aromatic carbocycles. The van der Waals surface area contributed by atoms with Crippen molar-refractivity contribution in [2.45, 2.75) is 20.8 Å². The molecule has 3 nitrogen and oxygen atoms in total. The molecule has 0 N–H and O–H groups in total. The molecule has 0 saturated heterocycles. The lowest BCUT2D eigenvalue weighted by Gasteiger charge is -2.31. The molecule has 0 spiro atoms. The predicted molar refractivity (Wildman–Crippen MR) is 238 cm³/mol. The van der Waals surface area contributed by atoms with Crippen LogP contribution in [0, 0.1) is 20.8 Å². The van der Waals surface area contributed by atoms with Crippen molar-refractivity contribution in [3.8, 4) is 0 Å². The quantitative estimate of drug-likeness (QED) is 0.147. The van der Waals surface area contributed by atoms with E-state index in [1.807, 2.05) is 11.3 Å². The second kappa shape index (κ2) is 14.7. The van der Waals surface area contributed by atoms with Crippen molar-refractivity contribution in [1.82, 2.24) is 0 Å². The number of aryl methyl sites for hydroxylation is 3. The van der Waals surface area contributed by atoms with Gasteiger partial charge < -0.3 is 14.7 Å². The number of hydrogen-bond donors (Lipinski definition) is 0.